The van der Waals surface area contributed by atoms with Gasteiger partial charge >= 0.3 is 0 Å². The van der Waals surface area contributed by atoms with Crippen LogP contribution in [0, 0.1) is 6.92 Å². The molecule has 1 heterocycles. The molecule has 0 fully saturated rings. The number of unbranched alkanes of at least 4 members (excludes halogenated alkanes) is 3. The van der Waals surface area contributed by atoms with E-state index in [0.717, 1.165) is 12.0 Å². The predicted octanol–water partition coefficient (Wildman–Crippen LogP) is 9.99. The van der Waals surface area contributed by atoms with E-state index in [9.17, 15) is 8.76 Å². The molecule has 4 heteroatoms. The van der Waals surface area contributed by atoms with Crippen LogP contribution in [0.4, 0.5) is 0 Å². The molecule has 0 saturated carbocycles. The Hall–Kier alpha value is -2.56. The quantitative estimate of drug-likeness (QED) is 0.243. The Bertz CT molecular complexity index is 1140. The summed E-state index contributed by atoms with van der Waals surface area (Å²) in [6.45, 7) is 16.9. The van der Waals surface area contributed by atoms with Gasteiger partial charge in [-0.1, -0.05) is 110 Å². The van der Waals surface area contributed by atoms with E-state index in [-0.39, 0.29) is 6.04 Å². The topological polar surface area (TPSA) is 52.5 Å². The van der Waals surface area contributed by atoms with Gasteiger partial charge in [-0.2, -0.15) is 0 Å². The van der Waals surface area contributed by atoms with Gasteiger partial charge in [0, 0.05) is 11.1 Å². The van der Waals surface area contributed by atoms with Crippen molar-refractivity contribution in [3.63, 3.8) is 0 Å². The Morgan fingerprint density at radius 2 is 1.51 bits per heavy atom. The lowest BCUT2D eigenvalue weighted by Crippen LogP contribution is -2.13. The van der Waals surface area contributed by atoms with Crippen molar-refractivity contribution in [2.24, 2.45) is 4.99 Å². The molecule has 0 spiro atoms. The largest absolute Gasteiger partial charge is 0.768 e. The van der Waals surface area contributed by atoms with Crippen molar-refractivity contribution in [1.82, 2.24) is 0 Å². The molecule has 1 aliphatic carbocycles. The summed E-state index contributed by atoms with van der Waals surface area (Å²) in [5.74, 6) is 0. The maximum atomic E-state index is 10.4. The third-order valence-corrected chi connectivity index (χ3v) is 7.13. The monoisotopic (exact) mass is 548 g/mol. The van der Waals surface area contributed by atoms with E-state index in [1.807, 2.05) is 32.9 Å². The Labute approximate surface area is 241 Å². The summed E-state index contributed by atoms with van der Waals surface area (Å²) in [7, 11) is 0. The molecule has 2 aromatic carbocycles. The van der Waals surface area contributed by atoms with Crippen LogP contribution in [0.3, 0.4) is 0 Å². The highest BCUT2D eigenvalue weighted by atomic mass is 32.2. The molecule has 0 bridgehead atoms. The molecule has 4 rings (SSSR count). The smallest absolute Gasteiger partial charge is 0.0966 e. The highest BCUT2D eigenvalue weighted by molar-refractivity contribution is 7.79. The van der Waals surface area contributed by atoms with Crippen molar-refractivity contribution in [1.29, 1.82) is 0 Å². The lowest BCUT2D eigenvalue weighted by molar-refractivity contribution is 0.537. The van der Waals surface area contributed by atoms with Gasteiger partial charge in [0.2, 0.25) is 0 Å². The minimum atomic E-state index is -2.09. The number of aryl methyl sites for hydroxylation is 2. The molecular formula is C35H50NO2S-. The molecule has 214 valence electrons. The highest BCUT2D eigenvalue weighted by Gasteiger charge is 2.26. The van der Waals surface area contributed by atoms with E-state index in [4.69, 9.17) is 4.99 Å². The first kappa shape index (κ1) is 34.5. The molecule has 0 amide bonds. The van der Waals surface area contributed by atoms with Crippen molar-refractivity contribution in [3.8, 4) is 0 Å². The van der Waals surface area contributed by atoms with Crippen LogP contribution >= 0.6 is 0 Å². The second-order valence-corrected chi connectivity index (χ2v) is 10.6. The molecule has 3 nitrogen and oxygen atoms in total. The van der Waals surface area contributed by atoms with E-state index in [1.165, 1.54) is 71.9 Å². The zero-order valence-corrected chi connectivity index (χ0v) is 26.4. The number of benzene rings is 2. The van der Waals surface area contributed by atoms with E-state index >= 15 is 0 Å². The van der Waals surface area contributed by atoms with Crippen LogP contribution in [0.1, 0.15) is 104 Å². The molecule has 39 heavy (non-hydrogen) atoms. The van der Waals surface area contributed by atoms with Crippen LogP contribution in [0.25, 0.3) is 5.57 Å². The molecule has 2 atom stereocenters. The summed E-state index contributed by atoms with van der Waals surface area (Å²) >= 11 is -2.09. The first-order chi connectivity index (χ1) is 18.9. The van der Waals surface area contributed by atoms with E-state index in [2.05, 4.69) is 77.3 Å². The van der Waals surface area contributed by atoms with Gasteiger partial charge in [0.1, 0.15) is 0 Å². The third-order valence-electron chi connectivity index (χ3n) is 6.47. The predicted molar refractivity (Wildman–Crippen MR) is 171 cm³/mol. The summed E-state index contributed by atoms with van der Waals surface area (Å²) < 4.78 is 20.8. The number of allylic oxidation sites excluding steroid dienone is 3. The molecule has 0 N–H and O–H groups in total. The minimum absolute atomic E-state index is 0.282. The van der Waals surface area contributed by atoms with Gasteiger partial charge in [0.25, 0.3) is 0 Å². The van der Waals surface area contributed by atoms with Crippen LogP contribution in [0.2, 0.25) is 0 Å². The summed E-state index contributed by atoms with van der Waals surface area (Å²) in [6.07, 6.45) is 15.4. The molecular weight excluding hydrogens is 498 g/mol. The zero-order valence-electron chi connectivity index (χ0n) is 25.5. The average Bonchev–Trinajstić information content (AvgIpc) is 3.33. The molecule has 0 saturated heterocycles. The van der Waals surface area contributed by atoms with Gasteiger partial charge in [0.15, 0.2) is 0 Å². The summed E-state index contributed by atoms with van der Waals surface area (Å²) in [5.41, 5.74) is 9.41. The van der Waals surface area contributed by atoms with Crippen LogP contribution in [0.5, 0.6) is 0 Å². The van der Waals surface area contributed by atoms with Gasteiger partial charge in [-0.3, -0.25) is 9.20 Å². The fourth-order valence-corrected chi connectivity index (χ4v) is 4.74. The van der Waals surface area contributed by atoms with Gasteiger partial charge in [0.05, 0.1) is 6.04 Å². The van der Waals surface area contributed by atoms with Crippen LogP contribution in [-0.2, 0) is 17.5 Å². The number of hydrogen-bond donors (Lipinski definition) is 0. The first-order valence-corrected chi connectivity index (χ1v) is 15.8. The minimum Gasteiger partial charge on any atom is -0.768 e. The SMILES string of the molecule is CC.CCC.CCCCCCC1=CC(c2ccccc2C)=CC2=C(C)C=NC12.CCc1ccc(S(=O)[O-])cc1. The number of rotatable bonds is 8. The molecule has 2 aromatic rings. The van der Waals surface area contributed by atoms with Crippen molar-refractivity contribution in [3.05, 3.63) is 94.1 Å². The van der Waals surface area contributed by atoms with Crippen molar-refractivity contribution >= 4 is 22.9 Å². The maximum absolute atomic E-state index is 10.4. The summed E-state index contributed by atoms with van der Waals surface area (Å²) in [6, 6.07) is 15.8. The van der Waals surface area contributed by atoms with Gasteiger partial charge in [-0.25, -0.2) is 0 Å². The van der Waals surface area contributed by atoms with Crippen LogP contribution < -0.4 is 0 Å². The Morgan fingerprint density at radius 1 is 0.872 bits per heavy atom. The molecule has 1 aliphatic heterocycles. The zero-order chi connectivity index (χ0) is 29.2. The van der Waals surface area contributed by atoms with Crippen molar-refractivity contribution < 1.29 is 8.76 Å². The third kappa shape index (κ3) is 11.2. The Morgan fingerprint density at radius 3 is 2.08 bits per heavy atom. The van der Waals surface area contributed by atoms with E-state index in [0.29, 0.717) is 4.90 Å². The van der Waals surface area contributed by atoms with Crippen LogP contribution in [-0.4, -0.2) is 21.0 Å². The second kappa shape index (κ2) is 19.5. The van der Waals surface area contributed by atoms with E-state index < -0.39 is 11.1 Å². The molecule has 2 aliphatic rings. The van der Waals surface area contributed by atoms with Gasteiger partial charge in [-0.05, 0) is 101 Å². The van der Waals surface area contributed by atoms with E-state index in [1.54, 1.807) is 12.1 Å². The molecule has 2 unspecified atom stereocenters. The fourth-order valence-electron chi connectivity index (χ4n) is 4.39. The van der Waals surface area contributed by atoms with Crippen LogP contribution in [0.15, 0.2) is 87.3 Å². The first-order valence-electron chi connectivity index (χ1n) is 14.8. The fraction of sp³-hybridized carbons (Fsp3) is 0.457. The Kier molecular flexibility index (Phi) is 17.2. The van der Waals surface area contributed by atoms with Crippen molar-refractivity contribution in [2.45, 2.75) is 111 Å². The molecule has 0 aromatic heterocycles. The average molecular weight is 549 g/mol. The van der Waals surface area contributed by atoms with Gasteiger partial charge in [-0.15, -0.1) is 0 Å². The maximum Gasteiger partial charge on any atom is 0.0966 e. The highest BCUT2D eigenvalue weighted by Crippen LogP contribution is 2.37. The molecule has 0 radical (unpaired) electrons. The second-order valence-electron chi connectivity index (χ2n) is 9.70. The number of hydrogen-bond acceptors (Lipinski definition) is 3. The van der Waals surface area contributed by atoms with Gasteiger partial charge < -0.3 is 4.55 Å². The number of fused-ring (bicyclic) bond motifs is 1. The summed E-state index contributed by atoms with van der Waals surface area (Å²) in [4.78, 5) is 5.11. The Balaban J connectivity index is 0.000000397. The lowest BCUT2D eigenvalue weighted by atomic mass is 9.84. The normalized spacial score (nSPS) is 15.9. The van der Waals surface area contributed by atoms with Crippen molar-refractivity contribution in [2.75, 3.05) is 0 Å². The lowest BCUT2D eigenvalue weighted by Gasteiger charge is -2.23. The summed E-state index contributed by atoms with van der Waals surface area (Å²) in [5, 5.41) is 0. The number of nitrogens with zero attached hydrogens (tertiary/aromatic N) is 1. The number of aliphatic imine (C=N–C) groups is 1. The standard InChI is InChI=1S/C22H27N.C8H10O2S.C3H8.C2H6/c1-4-5-6-7-11-18-13-19(20-12-9-8-10-16(20)2)14-21-17(3)15-23-22(18)21;1-2-7-3-5-8(6-4-7)11(9)10;1-3-2;1-2/h8-10,12-15,22H,4-7,11H2,1-3H3;3-6H,2H2,1H3,(H,9,10);3H2,1-2H3;1-2H3/p-1.